The Morgan fingerprint density at radius 1 is 1.31 bits per heavy atom. The highest BCUT2D eigenvalue weighted by atomic mass is 32.2. The van der Waals surface area contributed by atoms with Gasteiger partial charge in [0.1, 0.15) is 0 Å². The maximum absolute atomic E-state index is 12.7. The Balaban J connectivity index is 1.78. The van der Waals surface area contributed by atoms with Crippen LogP contribution in [0.25, 0.3) is 0 Å². The number of urea groups is 1. The Morgan fingerprint density at radius 2 is 1.94 bits per heavy atom. The maximum Gasteiger partial charge on any atom is 0.347 e. The molecule has 0 bridgehead atoms. The number of thioether (sulfide) groups is 2. The average molecular weight is 492 g/mol. The van der Waals surface area contributed by atoms with Crippen molar-refractivity contribution in [3.63, 3.8) is 0 Å². The fourth-order valence-corrected chi connectivity index (χ4v) is 5.20. The van der Waals surface area contributed by atoms with Gasteiger partial charge in [-0.3, -0.25) is 15.3 Å². The fourth-order valence-electron chi connectivity index (χ4n) is 3.00. The average Bonchev–Trinajstić information content (AvgIpc) is 2.99. The molecule has 0 spiro atoms. The van der Waals surface area contributed by atoms with E-state index < -0.39 is 21.9 Å². The number of non-ortho nitro benzene ring substituents is 1. The highest BCUT2D eigenvalue weighted by Crippen LogP contribution is 2.42. The summed E-state index contributed by atoms with van der Waals surface area (Å²) in [6.07, 6.45) is 2.74. The lowest BCUT2D eigenvalue weighted by Gasteiger charge is -2.34. The molecule has 2 N–H and O–H groups in total. The molecular weight excluding hydrogens is 470 g/mol. The third-order valence-corrected chi connectivity index (χ3v) is 6.89. The molecule has 9 nitrogen and oxygen atoms in total. The number of hydrogen-bond acceptors (Lipinski definition) is 8. The molecule has 0 aliphatic carbocycles. The van der Waals surface area contributed by atoms with Crippen molar-refractivity contribution in [2.45, 2.75) is 29.7 Å². The fraction of sp³-hybridized carbons (Fsp3) is 0.250. The Bertz CT molecular complexity index is 1040. The summed E-state index contributed by atoms with van der Waals surface area (Å²) >= 11 is 8.39. The number of carbonyl (C=O) groups excluding carboxylic acids is 1. The molecule has 2 aromatic carbocycles. The molecule has 0 radical (unpaired) electrons. The lowest BCUT2D eigenvalue weighted by Crippen LogP contribution is -2.54. The van der Waals surface area contributed by atoms with E-state index in [2.05, 4.69) is 10.4 Å². The number of carbonyl (C=O) groups is 1. The van der Waals surface area contributed by atoms with Crippen molar-refractivity contribution in [1.29, 1.82) is 0 Å². The Hall–Kier alpha value is -2.67. The van der Waals surface area contributed by atoms with Gasteiger partial charge in [0.05, 0.1) is 15.9 Å². The number of anilines is 1. The van der Waals surface area contributed by atoms with Gasteiger partial charge < -0.3 is 5.32 Å². The predicted molar refractivity (Wildman–Crippen MR) is 131 cm³/mol. The summed E-state index contributed by atoms with van der Waals surface area (Å²) in [5.41, 5.74) is 1.04. The van der Waals surface area contributed by atoms with Gasteiger partial charge in [-0.05, 0) is 49.9 Å². The van der Waals surface area contributed by atoms with Crippen molar-refractivity contribution in [1.82, 2.24) is 10.1 Å². The van der Waals surface area contributed by atoms with Gasteiger partial charge in [-0.15, -0.1) is 11.8 Å². The van der Waals surface area contributed by atoms with E-state index in [1.165, 1.54) is 41.0 Å². The van der Waals surface area contributed by atoms with Gasteiger partial charge in [0.15, 0.2) is 10.5 Å². The zero-order valence-corrected chi connectivity index (χ0v) is 19.9. The van der Waals surface area contributed by atoms with Gasteiger partial charge in [0.2, 0.25) is 0 Å². The van der Waals surface area contributed by atoms with Crippen LogP contribution in [0.1, 0.15) is 19.4 Å². The van der Waals surface area contributed by atoms with E-state index in [1.54, 1.807) is 18.0 Å². The second-order valence-corrected chi connectivity index (χ2v) is 10.5. The predicted octanol–water partition coefficient (Wildman–Crippen LogP) is 5.01. The van der Waals surface area contributed by atoms with Crippen LogP contribution in [-0.2, 0) is 0 Å². The summed E-state index contributed by atoms with van der Waals surface area (Å²) in [5, 5.41) is 30.4. The highest BCUT2D eigenvalue weighted by molar-refractivity contribution is 8.24. The number of amides is 2. The summed E-state index contributed by atoms with van der Waals surface area (Å²) in [6.45, 7) is 3.69. The van der Waals surface area contributed by atoms with Crippen LogP contribution in [0.4, 0.5) is 16.2 Å². The first-order chi connectivity index (χ1) is 15.1. The quantitative estimate of drug-likeness (QED) is 0.145. The molecule has 1 saturated heterocycles. The van der Waals surface area contributed by atoms with Crippen LogP contribution in [0.2, 0.25) is 0 Å². The zero-order chi connectivity index (χ0) is 23.5. The second kappa shape index (κ2) is 9.86. The van der Waals surface area contributed by atoms with Crippen LogP contribution in [-0.4, -0.2) is 53.9 Å². The van der Waals surface area contributed by atoms with E-state index in [4.69, 9.17) is 12.2 Å². The van der Waals surface area contributed by atoms with Gasteiger partial charge in [0.25, 0.3) is 5.69 Å². The van der Waals surface area contributed by atoms with Gasteiger partial charge in [-0.25, -0.2) is 9.80 Å². The lowest BCUT2D eigenvalue weighted by atomic mass is 10.1. The minimum Gasteiger partial charge on any atom is -0.306 e. The molecule has 3 rings (SSSR count). The van der Waals surface area contributed by atoms with Crippen molar-refractivity contribution in [3.05, 3.63) is 64.2 Å². The number of benzene rings is 2. The molecular formula is C20H21N5O4S3. The third-order valence-electron chi connectivity index (χ3n) is 4.61. The molecule has 168 valence electrons. The Morgan fingerprint density at radius 3 is 2.50 bits per heavy atom. The molecule has 0 saturated carbocycles. The molecule has 12 heteroatoms. The second-order valence-electron chi connectivity index (χ2n) is 7.29. The van der Waals surface area contributed by atoms with Crippen molar-refractivity contribution in [2.24, 2.45) is 5.10 Å². The number of hydrogen-bond donors (Lipinski definition) is 2. The van der Waals surface area contributed by atoms with Crippen molar-refractivity contribution in [2.75, 3.05) is 11.6 Å². The minimum absolute atomic E-state index is 0.103. The molecule has 2 amide bonds. The molecule has 32 heavy (non-hydrogen) atoms. The summed E-state index contributed by atoms with van der Waals surface area (Å²) in [4.78, 5) is 24.1. The molecule has 2 aromatic rings. The van der Waals surface area contributed by atoms with E-state index in [-0.39, 0.29) is 5.69 Å². The smallest absolute Gasteiger partial charge is 0.306 e. The largest absolute Gasteiger partial charge is 0.347 e. The first kappa shape index (κ1) is 24.0. The number of nitrogens with zero attached hydrogens (tertiary/aromatic N) is 4. The van der Waals surface area contributed by atoms with E-state index in [0.717, 1.165) is 10.5 Å². The molecule has 1 heterocycles. The molecule has 0 unspecified atom stereocenters. The van der Waals surface area contributed by atoms with E-state index in [9.17, 15) is 20.1 Å². The van der Waals surface area contributed by atoms with E-state index in [1.807, 2.05) is 44.4 Å². The number of hydrazone groups is 1. The molecule has 1 aliphatic heterocycles. The lowest BCUT2D eigenvalue weighted by molar-refractivity contribution is -0.384. The van der Waals surface area contributed by atoms with Crippen LogP contribution in [0.3, 0.4) is 0 Å². The SMILES string of the molecule is CSc1ccc(/C=N\N2C(=S)SC(C)(C)[C@H]2N(O)C(=O)Nc2ccc([N+](=O)[O-])cc2)cc1. The highest BCUT2D eigenvalue weighted by Gasteiger charge is 2.50. The standard InChI is InChI=1S/C20H21N5O4S3/c1-20(2)17(24(27)18(26)22-14-6-8-15(9-7-14)25(28)29)23(19(30)32-20)21-12-13-4-10-16(31-3)11-5-13/h4-12,17,27H,1-3H3,(H,22,26)/b21-12-/t17-/m1/s1. The number of thiocarbonyl (C=S) groups is 1. The maximum atomic E-state index is 12.7. The van der Waals surface area contributed by atoms with Crippen molar-refractivity contribution < 1.29 is 14.9 Å². The summed E-state index contributed by atoms with van der Waals surface area (Å²) in [6, 6.07) is 12.3. The zero-order valence-electron chi connectivity index (χ0n) is 17.5. The summed E-state index contributed by atoms with van der Waals surface area (Å²) in [7, 11) is 0. The minimum atomic E-state index is -0.875. The van der Waals surface area contributed by atoms with Crippen LogP contribution in [0, 0.1) is 10.1 Å². The van der Waals surface area contributed by atoms with E-state index in [0.29, 0.717) is 15.1 Å². The number of nitrogens with one attached hydrogen (secondary N) is 1. The normalized spacial score (nSPS) is 17.6. The first-order valence-electron chi connectivity index (χ1n) is 9.36. The Kier molecular flexibility index (Phi) is 7.39. The topological polar surface area (TPSA) is 111 Å². The first-order valence-corrected chi connectivity index (χ1v) is 11.8. The molecule has 1 fully saturated rings. The third kappa shape index (κ3) is 5.38. The molecule has 1 atom stereocenters. The monoisotopic (exact) mass is 491 g/mol. The van der Waals surface area contributed by atoms with Crippen molar-refractivity contribution in [3.8, 4) is 0 Å². The van der Waals surface area contributed by atoms with Crippen LogP contribution < -0.4 is 5.32 Å². The van der Waals surface area contributed by atoms with Crippen LogP contribution >= 0.6 is 35.7 Å². The van der Waals surface area contributed by atoms with E-state index >= 15 is 0 Å². The molecule has 0 aromatic heterocycles. The number of rotatable bonds is 6. The van der Waals surface area contributed by atoms with Gasteiger partial charge in [0, 0.05) is 22.7 Å². The summed E-state index contributed by atoms with van der Waals surface area (Å²) in [5.74, 6) is 0. The summed E-state index contributed by atoms with van der Waals surface area (Å²) < 4.78 is -0.238. The van der Waals surface area contributed by atoms with Gasteiger partial charge in [-0.2, -0.15) is 10.2 Å². The Labute approximate surface area is 199 Å². The van der Waals surface area contributed by atoms with Gasteiger partial charge in [-0.1, -0.05) is 36.1 Å². The number of nitro groups is 1. The number of nitro benzene ring substituents is 1. The van der Waals surface area contributed by atoms with Crippen LogP contribution in [0.15, 0.2) is 58.5 Å². The van der Waals surface area contributed by atoms with Crippen LogP contribution in [0.5, 0.6) is 0 Å². The van der Waals surface area contributed by atoms with Gasteiger partial charge >= 0.3 is 6.03 Å². The van der Waals surface area contributed by atoms with Crippen molar-refractivity contribution >= 4 is 63.7 Å². The molecule has 1 aliphatic rings. The number of hydroxylamine groups is 2.